The number of rotatable bonds is 6. The van der Waals surface area contributed by atoms with E-state index in [1.165, 1.54) is 0 Å². The molecule has 0 atom stereocenters. The van der Waals surface area contributed by atoms with Gasteiger partial charge in [-0.05, 0) is 40.8 Å². The van der Waals surface area contributed by atoms with Gasteiger partial charge in [0.15, 0.2) is 0 Å². The number of benzene rings is 1. The fourth-order valence-corrected chi connectivity index (χ4v) is 2.68. The topological polar surface area (TPSA) is 46.5 Å². The van der Waals surface area contributed by atoms with Crippen molar-refractivity contribution in [2.75, 3.05) is 0 Å². The highest BCUT2D eigenvalue weighted by Gasteiger charge is 2.03. The normalized spacial score (nSPS) is 11.1. The molecule has 0 saturated heterocycles. The number of carboxylic acids is 1. The van der Waals surface area contributed by atoms with E-state index in [1.807, 2.05) is 35.7 Å². The first-order valence-corrected chi connectivity index (χ1v) is 7.20. The molecule has 0 unspecified atom stereocenters. The first-order valence-electron chi connectivity index (χ1n) is 5.95. The summed E-state index contributed by atoms with van der Waals surface area (Å²) in [5.74, 6) is -0.956. The van der Waals surface area contributed by atoms with E-state index in [1.54, 1.807) is 17.4 Å². The van der Waals surface area contributed by atoms with Gasteiger partial charge in [-0.15, -0.1) is 11.3 Å². The van der Waals surface area contributed by atoms with E-state index < -0.39 is 5.97 Å². The molecule has 104 valence electrons. The van der Waals surface area contributed by atoms with Crippen LogP contribution in [-0.4, -0.2) is 11.1 Å². The fraction of sp³-hybridized carbons (Fsp3) is 0.133. The van der Waals surface area contributed by atoms with Gasteiger partial charge >= 0.3 is 5.97 Å². The Hall–Kier alpha value is -1.62. The van der Waals surface area contributed by atoms with Crippen molar-refractivity contribution >= 4 is 35.0 Å². The summed E-state index contributed by atoms with van der Waals surface area (Å²) >= 11 is 7.45. The summed E-state index contributed by atoms with van der Waals surface area (Å²) in [7, 11) is 0. The lowest BCUT2D eigenvalue weighted by Gasteiger charge is -2.04. The standard InChI is InChI=1S/C15H13ClO3S/c16-13-3-1-2-11(8-13)9-19-10-14-12(6-7-20-14)4-5-15(17)18/h1-8H,9-10H2,(H,17,18). The predicted molar refractivity (Wildman–Crippen MR) is 80.9 cm³/mol. The SMILES string of the molecule is O=C(O)C=Cc1ccsc1COCc1cccc(Cl)c1. The van der Waals surface area contributed by atoms with Gasteiger partial charge in [0.1, 0.15) is 0 Å². The minimum absolute atomic E-state index is 0.448. The zero-order valence-electron chi connectivity index (χ0n) is 10.6. The van der Waals surface area contributed by atoms with Gasteiger partial charge in [0, 0.05) is 16.0 Å². The molecule has 1 heterocycles. The number of aliphatic carboxylic acids is 1. The van der Waals surface area contributed by atoms with Gasteiger partial charge in [-0.3, -0.25) is 0 Å². The summed E-state index contributed by atoms with van der Waals surface area (Å²) in [5, 5.41) is 11.2. The van der Waals surface area contributed by atoms with Crippen molar-refractivity contribution in [2.45, 2.75) is 13.2 Å². The van der Waals surface area contributed by atoms with Crippen molar-refractivity contribution in [2.24, 2.45) is 0 Å². The van der Waals surface area contributed by atoms with Gasteiger partial charge in [0.25, 0.3) is 0 Å². The molecule has 0 fully saturated rings. The van der Waals surface area contributed by atoms with Crippen LogP contribution in [-0.2, 0) is 22.7 Å². The lowest BCUT2D eigenvalue weighted by molar-refractivity contribution is -0.131. The quantitative estimate of drug-likeness (QED) is 0.813. The molecule has 0 radical (unpaired) electrons. The van der Waals surface area contributed by atoms with E-state index in [0.29, 0.717) is 18.2 Å². The van der Waals surface area contributed by atoms with Crippen LogP contribution in [0.25, 0.3) is 6.08 Å². The van der Waals surface area contributed by atoms with Crippen LogP contribution in [0.3, 0.4) is 0 Å². The van der Waals surface area contributed by atoms with Crippen molar-refractivity contribution < 1.29 is 14.6 Å². The van der Waals surface area contributed by atoms with Crippen LogP contribution in [0.4, 0.5) is 0 Å². The summed E-state index contributed by atoms with van der Waals surface area (Å²) in [6, 6.07) is 9.39. The molecular weight excluding hydrogens is 296 g/mol. The summed E-state index contributed by atoms with van der Waals surface area (Å²) in [6.07, 6.45) is 2.71. The van der Waals surface area contributed by atoms with Gasteiger partial charge in [-0.25, -0.2) is 4.79 Å². The van der Waals surface area contributed by atoms with Crippen LogP contribution < -0.4 is 0 Å². The van der Waals surface area contributed by atoms with Crippen molar-refractivity contribution in [1.82, 2.24) is 0 Å². The van der Waals surface area contributed by atoms with Crippen LogP contribution in [0.5, 0.6) is 0 Å². The van der Waals surface area contributed by atoms with Gasteiger partial charge in [-0.1, -0.05) is 23.7 Å². The number of ether oxygens (including phenoxy) is 1. The molecule has 1 N–H and O–H groups in total. The molecule has 2 aromatic rings. The van der Waals surface area contributed by atoms with Crippen molar-refractivity contribution in [1.29, 1.82) is 0 Å². The van der Waals surface area contributed by atoms with Gasteiger partial charge < -0.3 is 9.84 Å². The van der Waals surface area contributed by atoms with Gasteiger partial charge in [0.05, 0.1) is 13.2 Å². The second-order valence-corrected chi connectivity index (χ2v) is 5.53. The third-order valence-corrected chi connectivity index (χ3v) is 3.72. The van der Waals surface area contributed by atoms with E-state index in [-0.39, 0.29) is 0 Å². The first kappa shape index (κ1) is 14.8. The molecule has 5 heteroatoms. The summed E-state index contributed by atoms with van der Waals surface area (Å²) in [4.78, 5) is 11.5. The molecule has 0 amide bonds. The Balaban J connectivity index is 1.91. The molecule has 3 nitrogen and oxygen atoms in total. The van der Waals surface area contributed by atoms with E-state index in [9.17, 15) is 4.79 Å². The van der Waals surface area contributed by atoms with E-state index in [2.05, 4.69) is 0 Å². The molecule has 1 aromatic carbocycles. The Morgan fingerprint density at radius 2 is 2.20 bits per heavy atom. The molecule has 1 aromatic heterocycles. The van der Waals surface area contributed by atoms with Crippen LogP contribution in [0.1, 0.15) is 16.0 Å². The molecule has 0 aliphatic heterocycles. The van der Waals surface area contributed by atoms with Crippen LogP contribution >= 0.6 is 22.9 Å². The maximum Gasteiger partial charge on any atom is 0.328 e. The van der Waals surface area contributed by atoms with Crippen molar-refractivity contribution in [3.63, 3.8) is 0 Å². The maximum absolute atomic E-state index is 10.5. The third kappa shape index (κ3) is 4.49. The van der Waals surface area contributed by atoms with E-state index in [0.717, 1.165) is 22.1 Å². The highest BCUT2D eigenvalue weighted by molar-refractivity contribution is 7.10. The van der Waals surface area contributed by atoms with Crippen LogP contribution in [0.2, 0.25) is 5.02 Å². The largest absolute Gasteiger partial charge is 0.478 e. The smallest absolute Gasteiger partial charge is 0.328 e. The number of carbonyl (C=O) groups is 1. The molecule has 2 rings (SSSR count). The lowest BCUT2D eigenvalue weighted by Crippen LogP contribution is -1.94. The molecule has 0 aliphatic carbocycles. The minimum atomic E-state index is -0.956. The molecule has 0 aliphatic rings. The predicted octanol–water partition coefficient (Wildman–Crippen LogP) is 4.22. The van der Waals surface area contributed by atoms with Gasteiger partial charge in [0.2, 0.25) is 0 Å². The highest BCUT2D eigenvalue weighted by Crippen LogP contribution is 2.20. The van der Waals surface area contributed by atoms with Crippen molar-refractivity contribution in [3.05, 3.63) is 62.8 Å². The average Bonchev–Trinajstić information content (AvgIpc) is 2.84. The lowest BCUT2D eigenvalue weighted by atomic mass is 10.2. The first-order chi connectivity index (χ1) is 9.65. The summed E-state index contributed by atoms with van der Waals surface area (Å²) < 4.78 is 5.64. The zero-order valence-corrected chi connectivity index (χ0v) is 12.2. The second kappa shape index (κ2) is 7.24. The number of thiophene rings is 1. The van der Waals surface area contributed by atoms with E-state index in [4.69, 9.17) is 21.4 Å². The Labute approximate surface area is 126 Å². The highest BCUT2D eigenvalue weighted by atomic mass is 35.5. The molecular formula is C15H13ClO3S. The maximum atomic E-state index is 10.5. The molecule has 0 spiro atoms. The zero-order chi connectivity index (χ0) is 14.4. The van der Waals surface area contributed by atoms with Crippen molar-refractivity contribution in [3.8, 4) is 0 Å². The number of halogens is 1. The number of hydrogen-bond donors (Lipinski definition) is 1. The summed E-state index contributed by atoms with van der Waals surface area (Å²) in [6.45, 7) is 0.921. The average molecular weight is 309 g/mol. The minimum Gasteiger partial charge on any atom is -0.478 e. The summed E-state index contributed by atoms with van der Waals surface area (Å²) in [5.41, 5.74) is 1.89. The fourth-order valence-electron chi connectivity index (χ4n) is 1.67. The Bertz CT molecular complexity index is 619. The monoisotopic (exact) mass is 308 g/mol. The molecule has 0 bridgehead atoms. The second-order valence-electron chi connectivity index (χ2n) is 4.09. The van der Waals surface area contributed by atoms with Gasteiger partial charge in [-0.2, -0.15) is 0 Å². The Kier molecular flexibility index (Phi) is 5.35. The number of carboxylic acid groups (broad SMARTS) is 1. The molecule has 0 saturated carbocycles. The van der Waals surface area contributed by atoms with E-state index >= 15 is 0 Å². The Morgan fingerprint density at radius 3 is 2.95 bits per heavy atom. The molecule has 20 heavy (non-hydrogen) atoms. The van der Waals surface area contributed by atoms with Crippen LogP contribution in [0.15, 0.2) is 41.8 Å². The third-order valence-electron chi connectivity index (χ3n) is 2.58. The number of hydrogen-bond acceptors (Lipinski definition) is 3. The Morgan fingerprint density at radius 1 is 1.35 bits per heavy atom. The van der Waals surface area contributed by atoms with Crippen LogP contribution in [0, 0.1) is 0 Å².